The van der Waals surface area contributed by atoms with E-state index in [0.717, 1.165) is 6.42 Å². The smallest absolute Gasteiger partial charge is 0.190 e. The second-order valence-corrected chi connectivity index (χ2v) is 10.2. The number of Topliss-reactive ketones (excluding diaryl/α,β-unsaturated/α-hetero) is 1. The van der Waals surface area contributed by atoms with Crippen molar-refractivity contribution < 1.29 is 24.5 Å². The number of hydrogen-bond donors (Lipinski definition) is 3. The van der Waals surface area contributed by atoms with Gasteiger partial charge < -0.3 is 15.3 Å². The first-order valence-electron chi connectivity index (χ1n) is 10.5. The average Bonchev–Trinajstić information content (AvgIpc) is 2.84. The van der Waals surface area contributed by atoms with Crippen LogP contribution in [0.5, 0.6) is 0 Å². The van der Waals surface area contributed by atoms with Gasteiger partial charge in [0.1, 0.15) is 18.4 Å². The van der Waals surface area contributed by atoms with Crippen molar-refractivity contribution in [3.8, 4) is 0 Å². The van der Waals surface area contributed by atoms with Gasteiger partial charge in [0.2, 0.25) is 0 Å². The van der Waals surface area contributed by atoms with Gasteiger partial charge in [-0.25, -0.2) is 4.39 Å². The highest BCUT2D eigenvalue weighted by Crippen LogP contribution is 2.67. The predicted octanol–water partition coefficient (Wildman–Crippen LogP) is 2.80. The number of allylic oxidation sites excluding steroid dienone is 2. The minimum absolute atomic E-state index is 0.0261. The molecule has 0 radical (unpaired) electrons. The Morgan fingerprint density at radius 2 is 1.96 bits per heavy atom. The summed E-state index contributed by atoms with van der Waals surface area (Å²) in [5.41, 5.74) is -1.17. The van der Waals surface area contributed by atoms with Crippen molar-refractivity contribution in [3.63, 3.8) is 0 Å². The number of carbonyl (C=O) groups is 1. The maximum atomic E-state index is 15.3. The number of ketones is 1. The molecule has 27 heavy (non-hydrogen) atoms. The van der Waals surface area contributed by atoms with Gasteiger partial charge in [-0.3, -0.25) is 4.79 Å². The molecular weight excluding hydrogens is 347 g/mol. The SMILES string of the molecule is C[C@H]1CC2C3C[C@H](F)[C@H]4C[C@H](O)CC[C@]4(C)C3=CC[C@]2(C)[C@@]1(O)C(=O)CO. The van der Waals surface area contributed by atoms with E-state index in [1.807, 2.05) is 13.8 Å². The normalized spacial score (nSPS) is 54.6. The molecule has 0 aliphatic heterocycles. The molecule has 0 aromatic rings. The lowest BCUT2D eigenvalue weighted by Gasteiger charge is -2.58. The second-order valence-electron chi connectivity index (χ2n) is 10.2. The molecule has 0 saturated heterocycles. The van der Waals surface area contributed by atoms with Crippen LogP contribution in [0.15, 0.2) is 11.6 Å². The molecule has 3 fully saturated rings. The van der Waals surface area contributed by atoms with Crippen molar-refractivity contribution in [3.05, 3.63) is 11.6 Å². The van der Waals surface area contributed by atoms with Crippen LogP contribution in [0.3, 0.4) is 0 Å². The van der Waals surface area contributed by atoms with Gasteiger partial charge in [-0.15, -0.1) is 0 Å². The van der Waals surface area contributed by atoms with E-state index < -0.39 is 35.7 Å². The third kappa shape index (κ3) is 2.34. The molecule has 4 aliphatic rings. The molecule has 3 saturated carbocycles. The van der Waals surface area contributed by atoms with E-state index in [-0.39, 0.29) is 29.1 Å². The number of fused-ring (bicyclic) bond motifs is 5. The van der Waals surface area contributed by atoms with Crippen molar-refractivity contribution >= 4 is 5.78 Å². The fourth-order valence-electron chi connectivity index (χ4n) is 7.56. The van der Waals surface area contributed by atoms with Crippen LogP contribution in [0.25, 0.3) is 0 Å². The van der Waals surface area contributed by atoms with E-state index in [2.05, 4.69) is 13.0 Å². The van der Waals surface area contributed by atoms with Crippen LogP contribution < -0.4 is 0 Å². The summed E-state index contributed by atoms with van der Waals surface area (Å²) >= 11 is 0. The first-order valence-corrected chi connectivity index (χ1v) is 10.5. The summed E-state index contributed by atoms with van der Waals surface area (Å²) in [6.07, 6.45) is 4.48. The Morgan fingerprint density at radius 1 is 1.26 bits per heavy atom. The first kappa shape index (κ1) is 19.5. The number of hydrogen-bond acceptors (Lipinski definition) is 4. The van der Waals surface area contributed by atoms with E-state index in [4.69, 9.17) is 0 Å². The molecule has 0 heterocycles. The second kappa shape index (κ2) is 6.11. The molecule has 9 atom stereocenters. The Labute approximate surface area is 160 Å². The van der Waals surface area contributed by atoms with Crippen molar-refractivity contribution in [2.45, 2.75) is 77.2 Å². The maximum absolute atomic E-state index is 15.3. The molecule has 0 amide bonds. The van der Waals surface area contributed by atoms with Crippen LogP contribution in [0.1, 0.15) is 59.3 Å². The zero-order chi connectivity index (χ0) is 19.8. The summed E-state index contributed by atoms with van der Waals surface area (Å²) in [5.74, 6) is -0.843. The molecule has 3 N–H and O–H groups in total. The van der Waals surface area contributed by atoms with Crippen molar-refractivity contribution in [2.24, 2.45) is 34.5 Å². The molecule has 0 aromatic heterocycles. The van der Waals surface area contributed by atoms with Gasteiger partial charge in [-0.05, 0) is 61.7 Å². The average molecular weight is 381 g/mol. The van der Waals surface area contributed by atoms with Gasteiger partial charge in [0, 0.05) is 11.3 Å². The highest BCUT2D eigenvalue weighted by Gasteiger charge is 2.68. The summed E-state index contributed by atoms with van der Waals surface area (Å²) in [7, 11) is 0. The maximum Gasteiger partial charge on any atom is 0.190 e. The molecule has 2 unspecified atom stereocenters. The Kier molecular flexibility index (Phi) is 4.42. The zero-order valence-electron chi connectivity index (χ0n) is 16.6. The third-order valence-corrected chi connectivity index (χ3v) is 9.13. The Balaban J connectivity index is 1.76. The monoisotopic (exact) mass is 380 g/mol. The fraction of sp³-hybridized carbons (Fsp3) is 0.864. The number of alkyl halides is 1. The zero-order valence-corrected chi connectivity index (χ0v) is 16.6. The lowest BCUT2D eigenvalue weighted by Crippen LogP contribution is -2.59. The van der Waals surface area contributed by atoms with Crippen LogP contribution >= 0.6 is 0 Å². The molecule has 4 nitrogen and oxygen atoms in total. The van der Waals surface area contributed by atoms with Crippen molar-refractivity contribution in [1.29, 1.82) is 0 Å². The van der Waals surface area contributed by atoms with Crippen LogP contribution in [0.4, 0.5) is 4.39 Å². The Bertz CT molecular complexity index is 677. The molecule has 0 aromatic carbocycles. The van der Waals surface area contributed by atoms with Crippen molar-refractivity contribution in [2.75, 3.05) is 6.61 Å². The van der Waals surface area contributed by atoms with Crippen LogP contribution in [-0.2, 0) is 4.79 Å². The fourth-order valence-corrected chi connectivity index (χ4v) is 7.56. The number of carbonyl (C=O) groups excluding carboxylic acids is 1. The lowest BCUT2D eigenvalue weighted by molar-refractivity contribution is -0.162. The van der Waals surface area contributed by atoms with Crippen LogP contribution in [0.2, 0.25) is 0 Å². The van der Waals surface area contributed by atoms with Gasteiger partial charge >= 0.3 is 0 Å². The number of aliphatic hydroxyl groups is 3. The number of aliphatic hydroxyl groups excluding tert-OH is 2. The summed E-state index contributed by atoms with van der Waals surface area (Å²) in [6, 6.07) is 0. The largest absolute Gasteiger partial charge is 0.393 e. The minimum atomic E-state index is -1.55. The van der Waals surface area contributed by atoms with Gasteiger partial charge in [0.05, 0.1) is 6.10 Å². The predicted molar refractivity (Wildman–Crippen MR) is 99.6 cm³/mol. The van der Waals surface area contributed by atoms with E-state index in [0.29, 0.717) is 32.1 Å². The molecule has 4 rings (SSSR count). The molecule has 4 aliphatic carbocycles. The first-order chi connectivity index (χ1) is 12.6. The number of rotatable bonds is 2. The summed E-state index contributed by atoms with van der Waals surface area (Å²) in [6.45, 7) is 5.33. The quantitative estimate of drug-likeness (QED) is 0.644. The number of halogens is 1. The topological polar surface area (TPSA) is 77.8 Å². The Hall–Kier alpha value is -0.780. The lowest BCUT2D eigenvalue weighted by atomic mass is 9.47. The van der Waals surface area contributed by atoms with Gasteiger partial charge in [-0.2, -0.15) is 0 Å². The van der Waals surface area contributed by atoms with Gasteiger partial charge in [0.15, 0.2) is 5.78 Å². The molecule has 152 valence electrons. The summed E-state index contributed by atoms with van der Waals surface area (Å²) in [4.78, 5) is 12.5. The highest BCUT2D eigenvalue weighted by atomic mass is 19.1. The summed E-state index contributed by atoms with van der Waals surface area (Å²) < 4.78 is 15.3. The van der Waals surface area contributed by atoms with Gasteiger partial charge in [-0.1, -0.05) is 32.4 Å². The highest BCUT2D eigenvalue weighted by molar-refractivity contribution is 5.90. The van der Waals surface area contributed by atoms with Crippen LogP contribution in [0, 0.1) is 34.5 Å². The van der Waals surface area contributed by atoms with E-state index in [9.17, 15) is 20.1 Å². The van der Waals surface area contributed by atoms with Crippen molar-refractivity contribution in [1.82, 2.24) is 0 Å². The summed E-state index contributed by atoms with van der Waals surface area (Å²) in [5, 5.41) is 31.0. The Morgan fingerprint density at radius 3 is 2.63 bits per heavy atom. The standard InChI is InChI=1S/C22H33FO4/c1-12-8-16-14-10-18(23)17-9-13(25)4-6-20(17,2)15(14)5-7-21(16,3)22(12,27)19(26)11-24/h5,12-14,16-18,24-25,27H,4,6-11H2,1-3H3/t12-,13+,14?,16?,17+,18-,20+,21-,22-/m0/s1. The minimum Gasteiger partial charge on any atom is -0.393 e. The van der Waals surface area contributed by atoms with Crippen LogP contribution in [-0.4, -0.2) is 45.6 Å². The van der Waals surface area contributed by atoms with E-state index in [1.165, 1.54) is 5.57 Å². The molecule has 5 heteroatoms. The molecule has 0 spiro atoms. The molecule has 0 bridgehead atoms. The molecular formula is C22H33FO4. The van der Waals surface area contributed by atoms with E-state index in [1.54, 1.807) is 0 Å². The third-order valence-electron chi connectivity index (χ3n) is 9.13. The van der Waals surface area contributed by atoms with Gasteiger partial charge in [0.25, 0.3) is 0 Å². The van der Waals surface area contributed by atoms with E-state index >= 15 is 4.39 Å².